The summed E-state index contributed by atoms with van der Waals surface area (Å²) in [6, 6.07) is 0. The van der Waals surface area contributed by atoms with E-state index >= 15 is 0 Å². The van der Waals surface area contributed by atoms with E-state index in [1.165, 1.54) is 14.2 Å². The number of methoxy groups -OCH3 is 1. The quantitative estimate of drug-likeness (QED) is 0.550. The number of likely N-dealkylation sites (N-methyl/N-ethyl adjacent to an activating group) is 1. The van der Waals surface area contributed by atoms with E-state index < -0.39 is 5.97 Å². The molecule has 0 aromatic heterocycles. The van der Waals surface area contributed by atoms with Crippen LogP contribution in [0.3, 0.4) is 0 Å². The molecule has 0 spiro atoms. The number of carbonyl (C=O) groups is 2. The number of amides is 1. The molecule has 0 unspecified atom stereocenters. The molecule has 0 rings (SSSR count). The highest BCUT2D eigenvalue weighted by atomic mass is 16.5. The van der Waals surface area contributed by atoms with Gasteiger partial charge in [-0.05, 0) is 0 Å². The molecule has 14 heavy (non-hydrogen) atoms. The molecule has 0 aliphatic carbocycles. The Hall–Kier alpha value is -1.14. The summed E-state index contributed by atoms with van der Waals surface area (Å²) in [5.74, 6) is -1.40. The third-order valence-electron chi connectivity index (χ3n) is 1.46. The lowest BCUT2D eigenvalue weighted by molar-refractivity contribution is -0.145. The fourth-order valence-electron chi connectivity index (χ4n) is 0.703. The highest BCUT2D eigenvalue weighted by Gasteiger charge is 2.11. The van der Waals surface area contributed by atoms with Gasteiger partial charge in [-0.2, -0.15) is 0 Å². The van der Waals surface area contributed by atoms with E-state index in [1.807, 2.05) is 0 Å². The molecular weight excluding hydrogens is 190 g/mol. The molecule has 0 bridgehead atoms. The van der Waals surface area contributed by atoms with Crippen molar-refractivity contribution in [3.05, 3.63) is 0 Å². The smallest absolute Gasteiger partial charge is 0.323 e. The van der Waals surface area contributed by atoms with E-state index in [9.17, 15) is 9.59 Å². The Morgan fingerprint density at radius 3 is 2.50 bits per heavy atom. The first kappa shape index (κ1) is 12.9. The van der Waals surface area contributed by atoms with Crippen molar-refractivity contribution in [3.8, 4) is 0 Å². The van der Waals surface area contributed by atoms with E-state index in [0.717, 1.165) is 4.90 Å². The van der Waals surface area contributed by atoms with Crippen LogP contribution in [0.2, 0.25) is 0 Å². The minimum Gasteiger partial charge on any atom is -0.480 e. The molecule has 6 nitrogen and oxygen atoms in total. The van der Waals surface area contributed by atoms with E-state index in [0.29, 0.717) is 13.2 Å². The molecular formula is C8H15NO5. The first-order valence-electron chi connectivity index (χ1n) is 4.10. The Morgan fingerprint density at radius 2 is 2.00 bits per heavy atom. The number of carbonyl (C=O) groups excluding carboxylic acids is 1. The molecule has 0 aromatic rings. The van der Waals surface area contributed by atoms with Crippen molar-refractivity contribution in [3.63, 3.8) is 0 Å². The Balaban J connectivity index is 3.57. The zero-order valence-corrected chi connectivity index (χ0v) is 8.36. The average molecular weight is 205 g/mol. The normalized spacial score (nSPS) is 9.86. The van der Waals surface area contributed by atoms with Gasteiger partial charge in [0.1, 0.15) is 13.2 Å². The lowest BCUT2D eigenvalue weighted by Gasteiger charge is -2.14. The van der Waals surface area contributed by atoms with Crippen LogP contribution in [0, 0.1) is 0 Å². The molecule has 82 valence electrons. The molecule has 1 N–H and O–H groups in total. The van der Waals surface area contributed by atoms with E-state index in [-0.39, 0.29) is 19.1 Å². The summed E-state index contributed by atoms with van der Waals surface area (Å²) < 4.78 is 9.63. The topological polar surface area (TPSA) is 76.1 Å². The average Bonchev–Trinajstić information content (AvgIpc) is 2.11. The number of nitrogens with zero attached hydrogens (tertiary/aromatic N) is 1. The van der Waals surface area contributed by atoms with Crippen molar-refractivity contribution in [2.45, 2.75) is 0 Å². The minimum absolute atomic E-state index is 0.118. The molecule has 0 aromatic carbocycles. The second-order valence-corrected chi connectivity index (χ2v) is 2.69. The van der Waals surface area contributed by atoms with E-state index in [1.54, 1.807) is 0 Å². The predicted molar refractivity (Wildman–Crippen MR) is 48.0 cm³/mol. The van der Waals surface area contributed by atoms with Crippen LogP contribution < -0.4 is 0 Å². The Labute approximate surface area is 82.4 Å². The summed E-state index contributed by atoms with van der Waals surface area (Å²) in [7, 11) is 2.94. The highest BCUT2D eigenvalue weighted by molar-refractivity contribution is 5.81. The maximum atomic E-state index is 11.1. The molecule has 0 aliphatic rings. The monoisotopic (exact) mass is 205 g/mol. The highest BCUT2D eigenvalue weighted by Crippen LogP contribution is 1.86. The first-order valence-corrected chi connectivity index (χ1v) is 4.10. The fraction of sp³-hybridized carbons (Fsp3) is 0.750. The van der Waals surface area contributed by atoms with Crippen molar-refractivity contribution in [2.24, 2.45) is 0 Å². The van der Waals surface area contributed by atoms with Gasteiger partial charge in [-0.1, -0.05) is 0 Å². The van der Waals surface area contributed by atoms with Gasteiger partial charge in [0.15, 0.2) is 0 Å². The molecule has 0 aliphatic heterocycles. The maximum absolute atomic E-state index is 11.1. The van der Waals surface area contributed by atoms with Crippen LogP contribution in [0.5, 0.6) is 0 Å². The number of ether oxygens (including phenoxy) is 2. The Kier molecular flexibility index (Phi) is 6.69. The van der Waals surface area contributed by atoms with Gasteiger partial charge >= 0.3 is 5.97 Å². The van der Waals surface area contributed by atoms with Gasteiger partial charge in [-0.3, -0.25) is 9.59 Å². The lowest BCUT2D eigenvalue weighted by Crippen LogP contribution is -2.34. The molecule has 0 fully saturated rings. The second-order valence-electron chi connectivity index (χ2n) is 2.69. The summed E-state index contributed by atoms with van der Waals surface area (Å²) in [5.41, 5.74) is 0. The number of aliphatic carboxylic acids is 1. The number of carboxylic acids is 1. The van der Waals surface area contributed by atoms with Gasteiger partial charge in [-0.15, -0.1) is 0 Å². The van der Waals surface area contributed by atoms with E-state index in [2.05, 4.69) is 0 Å². The van der Waals surface area contributed by atoms with Crippen LogP contribution in [0.25, 0.3) is 0 Å². The third-order valence-corrected chi connectivity index (χ3v) is 1.46. The van der Waals surface area contributed by atoms with Gasteiger partial charge < -0.3 is 19.5 Å². The van der Waals surface area contributed by atoms with E-state index in [4.69, 9.17) is 14.6 Å². The number of hydrogen-bond acceptors (Lipinski definition) is 4. The van der Waals surface area contributed by atoms with Crippen LogP contribution in [-0.4, -0.2) is 62.4 Å². The van der Waals surface area contributed by atoms with Gasteiger partial charge in [0.25, 0.3) is 0 Å². The van der Waals surface area contributed by atoms with Gasteiger partial charge in [-0.25, -0.2) is 0 Å². The number of hydrogen-bond donors (Lipinski definition) is 1. The van der Waals surface area contributed by atoms with Crippen molar-refractivity contribution >= 4 is 11.9 Å². The molecule has 1 amide bonds. The van der Waals surface area contributed by atoms with Crippen LogP contribution in [0.4, 0.5) is 0 Å². The summed E-state index contributed by atoms with van der Waals surface area (Å²) in [6.45, 7) is 0.304. The maximum Gasteiger partial charge on any atom is 0.323 e. The van der Waals surface area contributed by atoms with Crippen molar-refractivity contribution in [1.82, 2.24) is 4.90 Å². The lowest BCUT2D eigenvalue weighted by atomic mass is 10.5. The summed E-state index contributed by atoms with van der Waals surface area (Å²) in [5, 5.41) is 8.39. The Morgan fingerprint density at radius 1 is 1.36 bits per heavy atom. The van der Waals surface area contributed by atoms with Crippen LogP contribution in [-0.2, 0) is 19.1 Å². The fourth-order valence-corrected chi connectivity index (χ4v) is 0.703. The molecule has 0 saturated heterocycles. The molecule has 0 heterocycles. The zero-order valence-electron chi connectivity index (χ0n) is 8.36. The van der Waals surface area contributed by atoms with Crippen LogP contribution >= 0.6 is 0 Å². The van der Waals surface area contributed by atoms with Gasteiger partial charge in [0, 0.05) is 14.2 Å². The SMILES string of the molecule is COCCOCC(=O)N(C)CC(=O)O. The zero-order chi connectivity index (χ0) is 11.0. The Bertz CT molecular complexity index is 194. The largest absolute Gasteiger partial charge is 0.480 e. The van der Waals surface area contributed by atoms with Crippen LogP contribution in [0.15, 0.2) is 0 Å². The standard InChI is InChI=1S/C8H15NO5/c1-9(5-8(11)12)7(10)6-14-4-3-13-2/h3-6H2,1-2H3,(H,11,12). The predicted octanol–water partition coefficient (Wildman–Crippen LogP) is -0.808. The number of rotatable bonds is 7. The van der Waals surface area contributed by atoms with Gasteiger partial charge in [0.2, 0.25) is 5.91 Å². The van der Waals surface area contributed by atoms with Gasteiger partial charge in [0.05, 0.1) is 13.2 Å². The number of carboxylic acid groups (broad SMARTS) is 1. The molecule has 0 radical (unpaired) electrons. The first-order chi connectivity index (χ1) is 6.57. The van der Waals surface area contributed by atoms with Crippen molar-refractivity contribution < 1.29 is 24.2 Å². The third kappa shape index (κ3) is 6.38. The van der Waals surface area contributed by atoms with Crippen molar-refractivity contribution in [1.29, 1.82) is 0 Å². The minimum atomic E-state index is -1.04. The summed E-state index contributed by atoms with van der Waals surface area (Å²) in [6.07, 6.45) is 0. The molecule has 0 saturated carbocycles. The summed E-state index contributed by atoms with van der Waals surface area (Å²) >= 11 is 0. The summed E-state index contributed by atoms with van der Waals surface area (Å²) in [4.78, 5) is 22.5. The van der Waals surface area contributed by atoms with Crippen LogP contribution in [0.1, 0.15) is 0 Å². The second kappa shape index (κ2) is 7.28. The molecule has 6 heteroatoms. The van der Waals surface area contributed by atoms with Crippen molar-refractivity contribution in [2.75, 3.05) is 40.5 Å². The molecule has 0 atom stereocenters.